The molecule has 0 aromatic heterocycles. The lowest BCUT2D eigenvalue weighted by molar-refractivity contribution is 0.533. The number of benzene rings is 2. The Bertz CT molecular complexity index is 616. The van der Waals surface area contributed by atoms with Crippen LogP contribution in [0.1, 0.15) is 24.1 Å². The van der Waals surface area contributed by atoms with Crippen LogP contribution in [0.5, 0.6) is 0 Å². The van der Waals surface area contributed by atoms with Crippen LogP contribution >= 0.6 is 11.6 Å². The summed E-state index contributed by atoms with van der Waals surface area (Å²) in [6.07, 6.45) is 0. The third kappa shape index (κ3) is 3.52. The molecule has 0 bridgehead atoms. The quantitative estimate of drug-likeness (QED) is 0.869. The lowest BCUT2D eigenvalue weighted by Gasteiger charge is -2.16. The second-order valence-corrected chi connectivity index (χ2v) is 4.91. The fourth-order valence-corrected chi connectivity index (χ4v) is 2.22. The summed E-state index contributed by atoms with van der Waals surface area (Å²) in [4.78, 5) is 0. The van der Waals surface area contributed by atoms with Gasteiger partial charge in [0, 0.05) is 29.2 Å². The van der Waals surface area contributed by atoms with Crippen molar-refractivity contribution >= 4 is 11.6 Å². The van der Waals surface area contributed by atoms with Crippen LogP contribution in [-0.2, 0) is 6.54 Å². The molecule has 0 amide bonds. The molecule has 0 fully saturated rings. The van der Waals surface area contributed by atoms with Gasteiger partial charge < -0.3 is 5.32 Å². The van der Waals surface area contributed by atoms with Crippen molar-refractivity contribution in [3.63, 3.8) is 0 Å². The lowest BCUT2D eigenvalue weighted by Crippen LogP contribution is -2.19. The third-order valence-electron chi connectivity index (χ3n) is 3.04. The molecule has 0 aliphatic carbocycles. The molecule has 20 heavy (non-hydrogen) atoms. The van der Waals surface area contributed by atoms with Gasteiger partial charge in [-0.25, -0.2) is 13.2 Å². The van der Waals surface area contributed by atoms with Crippen LogP contribution in [0.4, 0.5) is 13.2 Å². The summed E-state index contributed by atoms with van der Waals surface area (Å²) in [6.45, 7) is 2.06. The molecule has 106 valence electrons. The van der Waals surface area contributed by atoms with Gasteiger partial charge in [-0.15, -0.1) is 0 Å². The first-order valence-corrected chi connectivity index (χ1v) is 6.47. The highest BCUT2D eigenvalue weighted by atomic mass is 35.5. The van der Waals surface area contributed by atoms with Gasteiger partial charge in [0.1, 0.15) is 17.5 Å². The minimum atomic E-state index is -0.610. The van der Waals surface area contributed by atoms with Crippen LogP contribution in [0.15, 0.2) is 36.4 Å². The van der Waals surface area contributed by atoms with Crippen LogP contribution < -0.4 is 5.32 Å². The summed E-state index contributed by atoms with van der Waals surface area (Å²) in [5.74, 6) is -1.62. The maximum absolute atomic E-state index is 13.5. The maximum atomic E-state index is 13.5. The number of rotatable bonds is 4. The average molecular weight is 300 g/mol. The zero-order valence-corrected chi connectivity index (χ0v) is 11.5. The zero-order chi connectivity index (χ0) is 14.7. The van der Waals surface area contributed by atoms with Crippen LogP contribution in [0, 0.1) is 17.5 Å². The molecule has 0 saturated carbocycles. The van der Waals surface area contributed by atoms with Crippen LogP contribution in [0.3, 0.4) is 0 Å². The predicted molar refractivity (Wildman–Crippen MR) is 73.0 cm³/mol. The monoisotopic (exact) mass is 299 g/mol. The van der Waals surface area contributed by atoms with Crippen molar-refractivity contribution in [3.8, 4) is 0 Å². The Morgan fingerprint density at radius 2 is 1.70 bits per heavy atom. The maximum Gasteiger partial charge on any atom is 0.130 e. The number of nitrogens with one attached hydrogen (secondary N) is 1. The highest BCUT2D eigenvalue weighted by Gasteiger charge is 2.11. The van der Waals surface area contributed by atoms with E-state index in [9.17, 15) is 13.2 Å². The first-order chi connectivity index (χ1) is 9.47. The van der Waals surface area contributed by atoms with Crippen molar-refractivity contribution < 1.29 is 13.2 Å². The fraction of sp³-hybridized carbons (Fsp3) is 0.200. The van der Waals surface area contributed by atoms with E-state index in [1.165, 1.54) is 24.3 Å². The van der Waals surface area contributed by atoms with Crippen molar-refractivity contribution in [3.05, 3.63) is 70.0 Å². The average Bonchev–Trinajstić information content (AvgIpc) is 2.37. The topological polar surface area (TPSA) is 12.0 Å². The van der Waals surface area contributed by atoms with E-state index in [2.05, 4.69) is 5.32 Å². The normalized spacial score (nSPS) is 12.4. The predicted octanol–water partition coefficient (Wildman–Crippen LogP) is 4.61. The Morgan fingerprint density at radius 3 is 2.35 bits per heavy atom. The minimum Gasteiger partial charge on any atom is -0.306 e. The van der Waals surface area contributed by atoms with Crippen molar-refractivity contribution in [1.82, 2.24) is 5.32 Å². The van der Waals surface area contributed by atoms with E-state index in [-0.39, 0.29) is 12.6 Å². The fourth-order valence-electron chi connectivity index (χ4n) is 1.89. The summed E-state index contributed by atoms with van der Waals surface area (Å²) >= 11 is 5.95. The van der Waals surface area contributed by atoms with Gasteiger partial charge in [-0.3, -0.25) is 0 Å². The molecule has 0 aliphatic heterocycles. The van der Waals surface area contributed by atoms with Gasteiger partial charge in [-0.05, 0) is 30.7 Å². The largest absolute Gasteiger partial charge is 0.306 e. The molecule has 1 N–H and O–H groups in total. The molecular formula is C15H13ClF3N. The van der Waals surface area contributed by atoms with Gasteiger partial charge in [0.25, 0.3) is 0 Å². The van der Waals surface area contributed by atoms with Crippen molar-refractivity contribution in [1.29, 1.82) is 0 Å². The molecule has 0 heterocycles. The summed E-state index contributed by atoms with van der Waals surface area (Å²) < 4.78 is 39.2. The van der Waals surface area contributed by atoms with E-state index >= 15 is 0 Å². The van der Waals surface area contributed by atoms with E-state index < -0.39 is 17.5 Å². The van der Waals surface area contributed by atoms with E-state index in [1.54, 1.807) is 6.07 Å². The van der Waals surface area contributed by atoms with E-state index in [1.807, 2.05) is 6.92 Å². The number of hydrogen-bond acceptors (Lipinski definition) is 1. The highest BCUT2D eigenvalue weighted by molar-refractivity contribution is 6.31. The van der Waals surface area contributed by atoms with Crippen molar-refractivity contribution in [2.75, 3.05) is 0 Å². The third-order valence-corrected chi connectivity index (χ3v) is 3.37. The SMILES string of the molecule is CC(NCc1ccc(F)cc1F)c1ccc(F)cc1Cl. The Labute approximate surface area is 120 Å². The summed E-state index contributed by atoms with van der Waals surface area (Å²) in [6, 6.07) is 7.37. The Balaban J connectivity index is 2.06. The minimum absolute atomic E-state index is 0.187. The van der Waals surface area contributed by atoms with Crippen LogP contribution in [-0.4, -0.2) is 0 Å². The molecule has 1 nitrogen and oxygen atoms in total. The molecule has 0 saturated heterocycles. The summed E-state index contributed by atoms with van der Waals surface area (Å²) in [5, 5.41) is 3.38. The van der Waals surface area contributed by atoms with Crippen molar-refractivity contribution in [2.24, 2.45) is 0 Å². The summed E-state index contributed by atoms with van der Waals surface area (Å²) in [5.41, 5.74) is 1.08. The van der Waals surface area contributed by atoms with Gasteiger partial charge in [0.15, 0.2) is 0 Å². The van der Waals surface area contributed by atoms with Crippen LogP contribution in [0.2, 0.25) is 5.02 Å². The van der Waals surface area contributed by atoms with E-state index in [4.69, 9.17) is 11.6 Å². The smallest absolute Gasteiger partial charge is 0.130 e. The molecule has 2 rings (SSSR count). The number of hydrogen-bond donors (Lipinski definition) is 1. The number of halogens is 4. The molecule has 2 aromatic rings. The van der Waals surface area contributed by atoms with Gasteiger partial charge in [-0.1, -0.05) is 23.7 Å². The van der Waals surface area contributed by atoms with E-state index in [0.29, 0.717) is 10.6 Å². The van der Waals surface area contributed by atoms with Crippen LogP contribution in [0.25, 0.3) is 0 Å². The lowest BCUT2D eigenvalue weighted by atomic mass is 10.1. The molecule has 5 heteroatoms. The Morgan fingerprint density at radius 1 is 1.05 bits per heavy atom. The second-order valence-electron chi connectivity index (χ2n) is 4.50. The molecule has 0 spiro atoms. The van der Waals surface area contributed by atoms with Crippen molar-refractivity contribution in [2.45, 2.75) is 19.5 Å². The molecular weight excluding hydrogens is 287 g/mol. The highest BCUT2D eigenvalue weighted by Crippen LogP contribution is 2.24. The molecule has 2 aromatic carbocycles. The van der Waals surface area contributed by atoms with Gasteiger partial charge in [0.05, 0.1) is 0 Å². The molecule has 1 unspecified atom stereocenters. The first-order valence-electron chi connectivity index (χ1n) is 6.09. The van der Waals surface area contributed by atoms with E-state index in [0.717, 1.165) is 11.6 Å². The second kappa shape index (κ2) is 6.29. The Hall–Kier alpha value is -1.52. The standard InChI is InChI=1S/C15H13ClF3N/c1-9(13-5-4-11(17)6-14(13)16)20-8-10-2-3-12(18)7-15(10)19/h2-7,9,20H,8H2,1H3. The van der Waals surface area contributed by atoms with Gasteiger partial charge in [0.2, 0.25) is 0 Å². The molecule has 0 aliphatic rings. The van der Waals surface area contributed by atoms with Gasteiger partial charge >= 0.3 is 0 Å². The Kier molecular flexibility index (Phi) is 4.68. The molecule has 1 atom stereocenters. The summed E-state index contributed by atoms with van der Waals surface area (Å²) in [7, 11) is 0. The molecule has 0 radical (unpaired) electrons. The first kappa shape index (κ1) is 14.9. The van der Waals surface area contributed by atoms with Gasteiger partial charge in [-0.2, -0.15) is 0 Å². The zero-order valence-electron chi connectivity index (χ0n) is 10.8.